The van der Waals surface area contributed by atoms with Crippen LogP contribution in [0.2, 0.25) is 0 Å². The van der Waals surface area contributed by atoms with E-state index in [4.69, 9.17) is 0 Å². The average Bonchev–Trinajstić information content (AvgIpc) is 2.81. The van der Waals surface area contributed by atoms with E-state index in [1.807, 2.05) is 6.92 Å². The van der Waals surface area contributed by atoms with Crippen LogP contribution >= 0.6 is 0 Å². The van der Waals surface area contributed by atoms with Crippen LogP contribution in [0.3, 0.4) is 0 Å². The van der Waals surface area contributed by atoms with Gasteiger partial charge in [-0.25, -0.2) is 12.7 Å². The van der Waals surface area contributed by atoms with E-state index in [0.29, 0.717) is 25.0 Å². The minimum absolute atomic E-state index is 0.190. The molecule has 0 unspecified atom stereocenters. The van der Waals surface area contributed by atoms with Crippen LogP contribution in [-0.4, -0.2) is 41.3 Å². The Balaban J connectivity index is 2.12. The lowest BCUT2D eigenvalue weighted by Crippen LogP contribution is -2.40. The highest BCUT2D eigenvalue weighted by Crippen LogP contribution is 2.28. The van der Waals surface area contributed by atoms with Gasteiger partial charge in [-0.2, -0.15) is 5.10 Å². The molecule has 6 heteroatoms. The Labute approximate surface area is 122 Å². The first-order chi connectivity index (χ1) is 9.35. The fourth-order valence-electron chi connectivity index (χ4n) is 2.81. The maximum absolute atomic E-state index is 11.9. The smallest absolute Gasteiger partial charge is 0.213 e. The van der Waals surface area contributed by atoms with Crippen molar-refractivity contribution in [3.63, 3.8) is 0 Å². The largest absolute Gasteiger partial charge is 0.266 e. The molecule has 1 fully saturated rings. The Morgan fingerprint density at radius 3 is 2.45 bits per heavy atom. The van der Waals surface area contributed by atoms with Crippen molar-refractivity contribution in [3.8, 4) is 0 Å². The molecule has 1 aliphatic rings. The van der Waals surface area contributed by atoms with E-state index in [-0.39, 0.29) is 5.75 Å². The summed E-state index contributed by atoms with van der Waals surface area (Å²) in [6.07, 6.45) is 1.69. The lowest BCUT2D eigenvalue weighted by Gasteiger charge is -2.32. The van der Waals surface area contributed by atoms with Crippen LogP contribution in [0.1, 0.15) is 57.0 Å². The molecule has 0 saturated carbocycles. The fourth-order valence-corrected chi connectivity index (χ4v) is 3.94. The summed E-state index contributed by atoms with van der Waals surface area (Å²) >= 11 is 0. The first-order valence-electron chi connectivity index (χ1n) is 7.39. The van der Waals surface area contributed by atoms with Crippen molar-refractivity contribution < 1.29 is 8.42 Å². The molecular weight excluding hydrogens is 274 g/mol. The summed E-state index contributed by atoms with van der Waals surface area (Å²) in [4.78, 5) is 0. The third-order valence-electron chi connectivity index (χ3n) is 4.01. The van der Waals surface area contributed by atoms with Gasteiger partial charge in [-0.1, -0.05) is 13.8 Å². The standard InChI is InChI=1S/C14H25N3O2S/c1-5-20(18,19)16-8-6-13(7-9-16)17-14(11(2)3)10-12(4)15-17/h10-11,13H,5-9H2,1-4H3. The first kappa shape index (κ1) is 15.5. The number of nitrogens with zero attached hydrogens (tertiary/aromatic N) is 3. The zero-order chi connectivity index (χ0) is 14.9. The minimum Gasteiger partial charge on any atom is -0.266 e. The van der Waals surface area contributed by atoms with Gasteiger partial charge in [0, 0.05) is 18.8 Å². The first-order valence-corrected chi connectivity index (χ1v) is 9.00. The molecule has 0 radical (unpaired) electrons. The Bertz CT molecular complexity index is 555. The van der Waals surface area contributed by atoms with Gasteiger partial charge in [0.15, 0.2) is 0 Å². The summed E-state index contributed by atoms with van der Waals surface area (Å²) in [5, 5.41) is 4.61. The molecule has 1 aromatic rings. The van der Waals surface area contributed by atoms with Crippen LogP contribution in [-0.2, 0) is 10.0 Å². The molecule has 0 N–H and O–H groups in total. The van der Waals surface area contributed by atoms with Gasteiger partial charge < -0.3 is 0 Å². The summed E-state index contributed by atoms with van der Waals surface area (Å²) in [6.45, 7) is 9.27. The zero-order valence-corrected chi connectivity index (χ0v) is 13.7. The molecule has 114 valence electrons. The number of hydrogen-bond donors (Lipinski definition) is 0. The molecule has 2 heterocycles. The normalized spacial score (nSPS) is 18.9. The van der Waals surface area contributed by atoms with Crippen molar-refractivity contribution >= 4 is 10.0 Å². The van der Waals surface area contributed by atoms with Gasteiger partial charge in [0.2, 0.25) is 10.0 Å². The van der Waals surface area contributed by atoms with Gasteiger partial charge in [0.05, 0.1) is 17.5 Å². The van der Waals surface area contributed by atoms with Gasteiger partial charge in [0.1, 0.15) is 0 Å². The SMILES string of the molecule is CCS(=O)(=O)N1CCC(n2nc(C)cc2C(C)C)CC1. The van der Waals surface area contributed by atoms with Gasteiger partial charge >= 0.3 is 0 Å². The van der Waals surface area contributed by atoms with Crippen molar-refractivity contribution in [2.75, 3.05) is 18.8 Å². The minimum atomic E-state index is -3.04. The molecule has 0 aromatic carbocycles. The molecule has 0 bridgehead atoms. The molecule has 2 rings (SSSR count). The predicted molar refractivity (Wildman–Crippen MR) is 80.4 cm³/mol. The molecule has 5 nitrogen and oxygen atoms in total. The summed E-state index contributed by atoms with van der Waals surface area (Å²) in [5.41, 5.74) is 2.29. The van der Waals surface area contributed by atoms with Crippen molar-refractivity contribution in [1.29, 1.82) is 0 Å². The molecule has 0 amide bonds. The summed E-state index contributed by atoms with van der Waals surface area (Å²) in [6, 6.07) is 2.46. The maximum Gasteiger partial charge on any atom is 0.213 e. The van der Waals surface area contributed by atoms with Gasteiger partial charge in [-0.15, -0.1) is 0 Å². The second-order valence-electron chi connectivity index (χ2n) is 5.84. The number of sulfonamides is 1. The Kier molecular flexibility index (Phi) is 4.54. The molecule has 1 aromatic heterocycles. The van der Waals surface area contributed by atoms with E-state index in [0.717, 1.165) is 18.5 Å². The van der Waals surface area contributed by atoms with Crippen LogP contribution in [0.15, 0.2) is 6.07 Å². The van der Waals surface area contributed by atoms with Crippen LogP contribution < -0.4 is 0 Å². The van der Waals surface area contributed by atoms with E-state index in [9.17, 15) is 8.42 Å². The van der Waals surface area contributed by atoms with Gasteiger partial charge in [-0.3, -0.25) is 4.68 Å². The highest BCUT2D eigenvalue weighted by Gasteiger charge is 2.29. The number of hydrogen-bond acceptors (Lipinski definition) is 3. The highest BCUT2D eigenvalue weighted by molar-refractivity contribution is 7.89. The Morgan fingerprint density at radius 1 is 1.35 bits per heavy atom. The van der Waals surface area contributed by atoms with E-state index < -0.39 is 10.0 Å². The summed E-state index contributed by atoms with van der Waals surface area (Å²) in [5.74, 6) is 0.629. The van der Waals surface area contributed by atoms with E-state index >= 15 is 0 Å². The van der Waals surface area contributed by atoms with Crippen LogP contribution in [0.4, 0.5) is 0 Å². The number of aromatic nitrogens is 2. The molecule has 0 aliphatic carbocycles. The van der Waals surface area contributed by atoms with Gasteiger partial charge in [0.25, 0.3) is 0 Å². The summed E-state index contributed by atoms with van der Waals surface area (Å²) in [7, 11) is -3.04. The number of rotatable bonds is 4. The fraction of sp³-hybridized carbons (Fsp3) is 0.786. The Hall–Kier alpha value is -0.880. The topological polar surface area (TPSA) is 55.2 Å². The molecule has 1 saturated heterocycles. The molecule has 0 atom stereocenters. The summed E-state index contributed by atoms with van der Waals surface area (Å²) < 4.78 is 27.5. The predicted octanol–water partition coefficient (Wildman–Crippen LogP) is 2.30. The van der Waals surface area contributed by atoms with E-state index in [1.165, 1.54) is 5.69 Å². The van der Waals surface area contributed by atoms with E-state index in [1.54, 1.807) is 11.2 Å². The quantitative estimate of drug-likeness (QED) is 0.857. The van der Waals surface area contributed by atoms with Crippen molar-refractivity contribution in [2.45, 2.75) is 52.5 Å². The van der Waals surface area contributed by atoms with Crippen molar-refractivity contribution in [2.24, 2.45) is 0 Å². The van der Waals surface area contributed by atoms with Crippen LogP contribution in [0, 0.1) is 6.92 Å². The molecule has 1 aliphatic heterocycles. The lowest BCUT2D eigenvalue weighted by molar-refractivity contribution is 0.256. The monoisotopic (exact) mass is 299 g/mol. The molecule has 0 spiro atoms. The third kappa shape index (κ3) is 3.06. The second-order valence-corrected chi connectivity index (χ2v) is 8.10. The van der Waals surface area contributed by atoms with Crippen LogP contribution in [0.5, 0.6) is 0 Å². The van der Waals surface area contributed by atoms with Gasteiger partial charge in [-0.05, 0) is 38.7 Å². The molecule has 20 heavy (non-hydrogen) atoms. The average molecular weight is 299 g/mol. The maximum atomic E-state index is 11.9. The van der Waals surface area contributed by atoms with E-state index in [2.05, 4.69) is 29.7 Å². The second kappa shape index (κ2) is 5.85. The lowest BCUT2D eigenvalue weighted by atomic mass is 10.0. The van der Waals surface area contributed by atoms with Crippen molar-refractivity contribution in [1.82, 2.24) is 14.1 Å². The van der Waals surface area contributed by atoms with Crippen LogP contribution in [0.25, 0.3) is 0 Å². The Morgan fingerprint density at radius 2 is 1.95 bits per heavy atom. The van der Waals surface area contributed by atoms with Crippen molar-refractivity contribution in [3.05, 3.63) is 17.5 Å². The number of piperidine rings is 1. The zero-order valence-electron chi connectivity index (χ0n) is 12.8. The molecular formula is C14H25N3O2S. The number of aryl methyl sites for hydroxylation is 1. The highest BCUT2D eigenvalue weighted by atomic mass is 32.2. The third-order valence-corrected chi connectivity index (χ3v) is 5.89.